The molecule has 2 unspecified atom stereocenters. The van der Waals surface area contributed by atoms with Crippen LogP contribution < -0.4 is 5.32 Å². The molecule has 0 aromatic heterocycles. The highest BCUT2D eigenvalue weighted by molar-refractivity contribution is 7.89. The molecule has 0 amide bonds. The van der Waals surface area contributed by atoms with Gasteiger partial charge in [0.1, 0.15) is 4.90 Å². The van der Waals surface area contributed by atoms with E-state index in [4.69, 9.17) is 11.6 Å². The highest BCUT2D eigenvalue weighted by atomic mass is 35.5. The molecular weight excluding hydrogens is 296 g/mol. The number of nitrogens with one attached hydrogen (secondary N) is 1. The van der Waals surface area contributed by atoms with Gasteiger partial charge in [-0.05, 0) is 43.9 Å². The van der Waals surface area contributed by atoms with Gasteiger partial charge in [0.05, 0.1) is 5.02 Å². The van der Waals surface area contributed by atoms with Crippen LogP contribution >= 0.6 is 11.6 Å². The van der Waals surface area contributed by atoms with E-state index in [1.54, 1.807) is 16.4 Å². The Morgan fingerprint density at radius 3 is 2.80 bits per heavy atom. The fourth-order valence-corrected chi connectivity index (χ4v) is 5.14. The van der Waals surface area contributed by atoms with Crippen molar-refractivity contribution < 1.29 is 8.42 Å². The van der Waals surface area contributed by atoms with E-state index in [0.717, 1.165) is 24.8 Å². The van der Waals surface area contributed by atoms with Crippen LogP contribution in [0.25, 0.3) is 0 Å². The van der Waals surface area contributed by atoms with E-state index in [-0.39, 0.29) is 10.9 Å². The molecule has 0 saturated carbocycles. The van der Waals surface area contributed by atoms with Gasteiger partial charge in [0.15, 0.2) is 0 Å². The number of aryl methyl sites for hydroxylation is 1. The van der Waals surface area contributed by atoms with Crippen LogP contribution in [-0.4, -0.2) is 37.9 Å². The third kappa shape index (κ3) is 2.60. The lowest BCUT2D eigenvalue weighted by atomic mass is 10.1. The smallest absolute Gasteiger partial charge is 0.244 e. The summed E-state index contributed by atoms with van der Waals surface area (Å²) >= 11 is 6.10. The lowest BCUT2D eigenvalue weighted by Gasteiger charge is -2.24. The first-order chi connectivity index (χ1) is 9.46. The Balaban J connectivity index is 1.93. The molecule has 2 bridgehead atoms. The number of fused-ring (bicyclic) bond motifs is 2. The van der Waals surface area contributed by atoms with Crippen molar-refractivity contribution in [3.05, 3.63) is 28.8 Å². The first kappa shape index (κ1) is 14.3. The number of nitrogens with zero attached hydrogens (tertiary/aromatic N) is 1. The first-order valence-corrected chi connectivity index (χ1v) is 8.81. The lowest BCUT2D eigenvalue weighted by molar-refractivity contribution is 0.383. The van der Waals surface area contributed by atoms with Gasteiger partial charge in [-0.25, -0.2) is 8.42 Å². The van der Waals surface area contributed by atoms with Crippen LogP contribution in [0.1, 0.15) is 24.8 Å². The van der Waals surface area contributed by atoms with Gasteiger partial charge in [-0.15, -0.1) is 0 Å². The Kier molecular flexibility index (Phi) is 3.79. The summed E-state index contributed by atoms with van der Waals surface area (Å²) in [5.74, 6) is 0. The first-order valence-electron chi connectivity index (χ1n) is 6.99. The molecule has 0 radical (unpaired) electrons. The molecule has 2 fully saturated rings. The van der Waals surface area contributed by atoms with Gasteiger partial charge in [-0.3, -0.25) is 0 Å². The summed E-state index contributed by atoms with van der Waals surface area (Å²) in [5.41, 5.74) is 0.905. The van der Waals surface area contributed by atoms with Crippen molar-refractivity contribution in [2.24, 2.45) is 0 Å². The number of rotatable bonds is 2. The van der Waals surface area contributed by atoms with E-state index in [1.165, 1.54) is 0 Å². The number of benzene rings is 1. The Labute approximate surface area is 125 Å². The summed E-state index contributed by atoms with van der Waals surface area (Å²) in [7, 11) is -3.50. The molecule has 2 saturated heterocycles. The fraction of sp³-hybridized carbons (Fsp3) is 0.571. The normalized spacial score (nSPS) is 27.5. The molecule has 0 spiro atoms. The average molecular weight is 315 g/mol. The van der Waals surface area contributed by atoms with Crippen molar-refractivity contribution in [1.29, 1.82) is 0 Å². The van der Waals surface area contributed by atoms with E-state index >= 15 is 0 Å². The summed E-state index contributed by atoms with van der Waals surface area (Å²) < 4.78 is 27.2. The Morgan fingerprint density at radius 1 is 1.25 bits per heavy atom. The van der Waals surface area contributed by atoms with E-state index in [2.05, 4.69) is 5.32 Å². The maximum atomic E-state index is 12.8. The number of halogens is 1. The largest absolute Gasteiger partial charge is 0.310 e. The third-order valence-electron chi connectivity index (χ3n) is 4.19. The standard InChI is InChI=1S/C14H19ClN2O2S/c1-10-2-5-13(15)14(8-10)20(18,19)17-7-6-11-3-4-12(9-17)16-11/h2,5,8,11-12,16H,3-4,6-7,9H2,1H3. The molecule has 1 aromatic carbocycles. The van der Waals surface area contributed by atoms with Gasteiger partial charge in [0.25, 0.3) is 0 Å². The molecule has 1 aromatic rings. The SMILES string of the molecule is Cc1ccc(Cl)c(S(=O)(=O)N2CCC3CCC(C2)N3)c1. The van der Waals surface area contributed by atoms with Crippen molar-refractivity contribution in [1.82, 2.24) is 9.62 Å². The number of hydrogen-bond acceptors (Lipinski definition) is 3. The minimum atomic E-state index is -3.50. The third-order valence-corrected chi connectivity index (χ3v) is 6.54. The molecule has 2 heterocycles. The summed E-state index contributed by atoms with van der Waals surface area (Å²) in [4.78, 5) is 0.233. The van der Waals surface area contributed by atoms with Crippen molar-refractivity contribution in [2.45, 2.75) is 43.2 Å². The van der Waals surface area contributed by atoms with Crippen molar-refractivity contribution in [3.63, 3.8) is 0 Å². The van der Waals surface area contributed by atoms with E-state index in [9.17, 15) is 8.42 Å². The fourth-order valence-electron chi connectivity index (χ4n) is 3.08. The van der Waals surface area contributed by atoms with Crippen LogP contribution in [0.4, 0.5) is 0 Å². The molecule has 6 heteroatoms. The average Bonchev–Trinajstić information content (AvgIpc) is 2.71. The molecule has 4 nitrogen and oxygen atoms in total. The Bertz CT molecular complexity index is 618. The second kappa shape index (κ2) is 5.30. The van der Waals surface area contributed by atoms with Crippen LogP contribution in [0.15, 0.2) is 23.1 Å². The second-order valence-electron chi connectivity index (χ2n) is 5.72. The zero-order valence-corrected chi connectivity index (χ0v) is 13.0. The quantitative estimate of drug-likeness (QED) is 0.910. The molecule has 2 atom stereocenters. The molecule has 3 rings (SSSR count). The van der Waals surface area contributed by atoms with E-state index in [0.29, 0.717) is 24.2 Å². The summed E-state index contributed by atoms with van der Waals surface area (Å²) in [6.45, 7) is 2.99. The van der Waals surface area contributed by atoms with E-state index in [1.807, 2.05) is 13.0 Å². The molecule has 2 aliphatic heterocycles. The Morgan fingerprint density at radius 2 is 2.00 bits per heavy atom. The van der Waals surface area contributed by atoms with Crippen LogP contribution in [0.2, 0.25) is 5.02 Å². The molecule has 0 aliphatic carbocycles. The van der Waals surface area contributed by atoms with Crippen molar-refractivity contribution in [2.75, 3.05) is 13.1 Å². The zero-order valence-electron chi connectivity index (χ0n) is 11.5. The highest BCUT2D eigenvalue weighted by Gasteiger charge is 2.35. The topological polar surface area (TPSA) is 49.4 Å². The number of sulfonamides is 1. The monoisotopic (exact) mass is 314 g/mol. The predicted molar refractivity (Wildman–Crippen MR) is 79.5 cm³/mol. The predicted octanol–water partition coefficient (Wildman–Crippen LogP) is 2.16. The summed E-state index contributed by atoms with van der Waals surface area (Å²) in [6, 6.07) is 5.89. The van der Waals surface area contributed by atoms with Crippen molar-refractivity contribution in [3.8, 4) is 0 Å². The van der Waals surface area contributed by atoms with Gasteiger partial charge in [0.2, 0.25) is 10.0 Å². The lowest BCUT2D eigenvalue weighted by Crippen LogP contribution is -2.39. The maximum Gasteiger partial charge on any atom is 0.244 e. The molecule has 20 heavy (non-hydrogen) atoms. The van der Waals surface area contributed by atoms with Gasteiger partial charge < -0.3 is 5.32 Å². The van der Waals surface area contributed by atoms with Crippen LogP contribution in [-0.2, 0) is 10.0 Å². The molecule has 1 N–H and O–H groups in total. The Hall–Kier alpha value is -0.620. The van der Waals surface area contributed by atoms with Crippen LogP contribution in [0, 0.1) is 6.92 Å². The molecule has 2 aliphatic rings. The summed E-state index contributed by atoms with van der Waals surface area (Å²) in [5, 5.41) is 3.80. The van der Waals surface area contributed by atoms with E-state index < -0.39 is 10.0 Å². The zero-order chi connectivity index (χ0) is 14.3. The maximum absolute atomic E-state index is 12.8. The molecular formula is C14H19ClN2O2S. The second-order valence-corrected chi connectivity index (χ2v) is 8.04. The van der Waals surface area contributed by atoms with Crippen molar-refractivity contribution >= 4 is 21.6 Å². The van der Waals surface area contributed by atoms with Gasteiger partial charge >= 0.3 is 0 Å². The molecule has 110 valence electrons. The van der Waals surface area contributed by atoms with Gasteiger partial charge in [-0.1, -0.05) is 17.7 Å². The minimum absolute atomic E-state index is 0.233. The summed E-state index contributed by atoms with van der Waals surface area (Å²) in [6.07, 6.45) is 3.08. The number of hydrogen-bond donors (Lipinski definition) is 1. The van der Waals surface area contributed by atoms with Gasteiger partial charge in [-0.2, -0.15) is 4.31 Å². The van der Waals surface area contributed by atoms with Crippen LogP contribution in [0.3, 0.4) is 0 Å². The highest BCUT2D eigenvalue weighted by Crippen LogP contribution is 2.29. The van der Waals surface area contributed by atoms with Gasteiger partial charge in [0, 0.05) is 25.2 Å². The van der Waals surface area contributed by atoms with Crippen LogP contribution in [0.5, 0.6) is 0 Å². The minimum Gasteiger partial charge on any atom is -0.310 e.